The van der Waals surface area contributed by atoms with E-state index in [0.717, 1.165) is 12.1 Å². The molecule has 0 radical (unpaired) electrons. The van der Waals surface area contributed by atoms with Gasteiger partial charge in [-0.05, 0) is 25.1 Å². The van der Waals surface area contributed by atoms with Crippen LogP contribution < -0.4 is 5.32 Å². The van der Waals surface area contributed by atoms with Crippen molar-refractivity contribution >= 4 is 11.6 Å². The quantitative estimate of drug-likeness (QED) is 0.685. The predicted molar refractivity (Wildman–Crippen MR) is 78.1 cm³/mol. The molecule has 7 nitrogen and oxygen atoms in total. The lowest BCUT2D eigenvalue weighted by molar-refractivity contribution is -0.137. The number of anilines is 1. The molecule has 0 bridgehead atoms. The van der Waals surface area contributed by atoms with Crippen molar-refractivity contribution in [3.63, 3.8) is 0 Å². The van der Waals surface area contributed by atoms with Crippen molar-refractivity contribution in [3.05, 3.63) is 47.8 Å². The number of aryl methyl sites for hydroxylation is 1. The molecule has 24 heavy (non-hydrogen) atoms. The average molecular weight is 336 g/mol. The van der Waals surface area contributed by atoms with Crippen LogP contribution in [-0.2, 0) is 6.18 Å². The Balaban J connectivity index is 2.00. The van der Waals surface area contributed by atoms with E-state index in [1.807, 2.05) is 0 Å². The number of nitrogens with one attached hydrogen (secondary N) is 3. The van der Waals surface area contributed by atoms with Gasteiger partial charge in [0.2, 0.25) is 0 Å². The first-order valence-corrected chi connectivity index (χ1v) is 6.74. The Morgan fingerprint density at radius 3 is 2.62 bits per heavy atom. The zero-order valence-electron chi connectivity index (χ0n) is 12.3. The van der Waals surface area contributed by atoms with Gasteiger partial charge in [-0.1, -0.05) is 0 Å². The number of carbonyl (C=O) groups excluding carboxylic acids is 1. The summed E-state index contributed by atoms with van der Waals surface area (Å²) in [7, 11) is 0. The second-order valence-corrected chi connectivity index (χ2v) is 4.96. The number of halogens is 3. The molecular formula is C14H11F3N6O. The van der Waals surface area contributed by atoms with Crippen molar-refractivity contribution in [2.75, 3.05) is 5.32 Å². The fourth-order valence-corrected chi connectivity index (χ4v) is 2.04. The van der Waals surface area contributed by atoms with Gasteiger partial charge in [-0.3, -0.25) is 9.89 Å². The van der Waals surface area contributed by atoms with E-state index in [2.05, 4.69) is 30.5 Å². The maximum atomic E-state index is 13.1. The van der Waals surface area contributed by atoms with Crippen LogP contribution in [0.2, 0.25) is 0 Å². The summed E-state index contributed by atoms with van der Waals surface area (Å²) in [5.74, 6) is -0.0370. The molecule has 2 heterocycles. The Kier molecular flexibility index (Phi) is 3.80. The first-order chi connectivity index (χ1) is 11.3. The molecule has 0 fully saturated rings. The highest BCUT2D eigenvalue weighted by Crippen LogP contribution is 2.34. The van der Waals surface area contributed by atoms with Gasteiger partial charge in [0.15, 0.2) is 5.82 Å². The molecule has 0 aliphatic carbocycles. The first-order valence-electron chi connectivity index (χ1n) is 6.74. The molecule has 0 saturated heterocycles. The minimum Gasteiger partial charge on any atom is -0.341 e. The summed E-state index contributed by atoms with van der Waals surface area (Å²) in [5.41, 5.74) is -0.680. The second kappa shape index (κ2) is 5.80. The Morgan fingerprint density at radius 1 is 1.25 bits per heavy atom. The molecule has 1 amide bonds. The fourth-order valence-electron chi connectivity index (χ4n) is 2.04. The summed E-state index contributed by atoms with van der Waals surface area (Å²) in [5, 5.41) is 8.81. The lowest BCUT2D eigenvalue weighted by Gasteiger charge is -2.11. The number of amides is 1. The number of aromatic amines is 2. The number of benzene rings is 1. The Labute approximate surface area is 133 Å². The number of aromatic nitrogens is 5. The third-order valence-electron chi connectivity index (χ3n) is 3.12. The average Bonchev–Trinajstić information content (AvgIpc) is 3.17. The molecule has 0 aliphatic rings. The monoisotopic (exact) mass is 336 g/mol. The maximum Gasteiger partial charge on any atom is 0.416 e. The largest absolute Gasteiger partial charge is 0.416 e. The maximum absolute atomic E-state index is 13.1. The van der Waals surface area contributed by atoms with Crippen LogP contribution in [0.1, 0.15) is 21.9 Å². The zero-order chi connectivity index (χ0) is 17.3. The Morgan fingerprint density at radius 2 is 2.04 bits per heavy atom. The molecule has 3 N–H and O–H groups in total. The van der Waals surface area contributed by atoms with E-state index in [9.17, 15) is 18.0 Å². The van der Waals surface area contributed by atoms with Gasteiger partial charge in [0.1, 0.15) is 11.5 Å². The van der Waals surface area contributed by atoms with Crippen molar-refractivity contribution in [2.45, 2.75) is 13.1 Å². The molecular weight excluding hydrogens is 325 g/mol. The number of alkyl halides is 3. The van der Waals surface area contributed by atoms with Crippen molar-refractivity contribution < 1.29 is 18.0 Å². The minimum absolute atomic E-state index is 0.0260. The van der Waals surface area contributed by atoms with Crippen molar-refractivity contribution in [3.8, 4) is 11.4 Å². The van der Waals surface area contributed by atoms with Crippen LogP contribution in [0.5, 0.6) is 0 Å². The molecule has 3 aromatic rings. The molecule has 0 aliphatic heterocycles. The minimum atomic E-state index is -4.57. The molecule has 10 heteroatoms. The fraction of sp³-hybridized carbons (Fsp3) is 0.143. The molecule has 0 spiro atoms. The van der Waals surface area contributed by atoms with Crippen LogP contribution in [0.4, 0.5) is 18.9 Å². The Hall–Kier alpha value is -3.17. The number of rotatable bonds is 3. The molecule has 3 rings (SSSR count). The summed E-state index contributed by atoms with van der Waals surface area (Å²) in [6.45, 7) is 1.63. The van der Waals surface area contributed by atoms with Gasteiger partial charge < -0.3 is 10.3 Å². The molecule has 2 aromatic heterocycles. The third-order valence-corrected chi connectivity index (χ3v) is 3.12. The van der Waals surface area contributed by atoms with Crippen molar-refractivity contribution in [2.24, 2.45) is 0 Å². The second-order valence-electron chi connectivity index (χ2n) is 4.96. The van der Waals surface area contributed by atoms with Gasteiger partial charge in [-0.15, -0.1) is 0 Å². The zero-order valence-corrected chi connectivity index (χ0v) is 12.3. The third kappa shape index (κ3) is 3.26. The number of hydrogen-bond acceptors (Lipinski definition) is 4. The van der Waals surface area contributed by atoms with Crippen LogP contribution >= 0.6 is 0 Å². The highest BCUT2D eigenvalue weighted by atomic mass is 19.4. The summed E-state index contributed by atoms with van der Waals surface area (Å²) < 4.78 is 39.3. The molecule has 0 atom stereocenters. The van der Waals surface area contributed by atoms with Crippen LogP contribution in [0.25, 0.3) is 11.4 Å². The van der Waals surface area contributed by atoms with Crippen molar-refractivity contribution in [1.29, 1.82) is 0 Å². The van der Waals surface area contributed by atoms with E-state index < -0.39 is 17.6 Å². The standard InChI is InChI=1S/C14H11F3N6O/c1-7-20-12(23-22-7)8-2-9(14(15,16)17)4-10(3-8)21-13(24)11-5-18-6-19-11/h2-6H,1H3,(H,18,19)(H,21,24)(H,20,22,23). The van der Waals surface area contributed by atoms with Crippen LogP contribution in [0.15, 0.2) is 30.7 Å². The summed E-state index contributed by atoms with van der Waals surface area (Å²) in [6.07, 6.45) is -2.01. The van der Waals surface area contributed by atoms with Gasteiger partial charge in [0.05, 0.1) is 18.1 Å². The topological polar surface area (TPSA) is 99.3 Å². The Bertz CT molecular complexity index is 869. The highest BCUT2D eigenvalue weighted by Gasteiger charge is 2.32. The molecule has 124 valence electrons. The summed E-state index contributed by atoms with van der Waals surface area (Å²) >= 11 is 0. The van der Waals surface area contributed by atoms with E-state index in [0.29, 0.717) is 5.82 Å². The smallest absolute Gasteiger partial charge is 0.341 e. The van der Waals surface area contributed by atoms with E-state index in [1.54, 1.807) is 6.92 Å². The molecule has 0 saturated carbocycles. The van der Waals surface area contributed by atoms with Gasteiger partial charge in [0.25, 0.3) is 5.91 Å². The van der Waals surface area contributed by atoms with Crippen LogP contribution in [0, 0.1) is 6.92 Å². The molecule has 1 aromatic carbocycles. The number of imidazole rings is 1. The van der Waals surface area contributed by atoms with Gasteiger partial charge in [-0.25, -0.2) is 9.97 Å². The summed E-state index contributed by atoms with van der Waals surface area (Å²) in [4.78, 5) is 22.3. The van der Waals surface area contributed by atoms with Gasteiger partial charge >= 0.3 is 6.18 Å². The van der Waals surface area contributed by atoms with E-state index in [-0.39, 0.29) is 22.8 Å². The number of nitrogens with zero attached hydrogens (tertiary/aromatic N) is 3. The number of H-pyrrole nitrogens is 2. The van der Waals surface area contributed by atoms with Crippen molar-refractivity contribution in [1.82, 2.24) is 25.1 Å². The highest BCUT2D eigenvalue weighted by molar-refractivity contribution is 6.03. The lowest BCUT2D eigenvalue weighted by atomic mass is 10.1. The number of carbonyl (C=O) groups is 1. The van der Waals surface area contributed by atoms with Crippen LogP contribution in [-0.4, -0.2) is 31.1 Å². The lowest BCUT2D eigenvalue weighted by Crippen LogP contribution is -2.14. The van der Waals surface area contributed by atoms with E-state index in [1.165, 1.54) is 18.6 Å². The van der Waals surface area contributed by atoms with Crippen LogP contribution in [0.3, 0.4) is 0 Å². The van der Waals surface area contributed by atoms with Gasteiger partial charge in [-0.2, -0.15) is 18.3 Å². The first kappa shape index (κ1) is 15.7. The number of hydrogen-bond donors (Lipinski definition) is 3. The predicted octanol–water partition coefficient (Wildman–Crippen LogP) is 2.77. The summed E-state index contributed by atoms with van der Waals surface area (Å²) in [6, 6.07) is 3.14. The van der Waals surface area contributed by atoms with E-state index in [4.69, 9.17) is 0 Å². The van der Waals surface area contributed by atoms with E-state index >= 15 is 0 Å². The normalized spacial score (nSPS) is 11.5. The SMILES string of the molecule is Cc1nc(-c2cc(NC(=O)c3cnc[nH]3)cc(C(F)(F)F)c2)n[nH]1. The molecule has 0 unspecified atom stereocenters. The van der Waals surface area contributed by atoms with Gasteiger partial charge in [0, 0.05) is 11.3 Å².